The van der Waals surface area contributed by atoms with Crippen molar-refractivity contribution in [3.05, 3.63) is 34.4 Å². The maximum absolute atomic E-state index is 12.1. The molecule has 1 amide bonds. The third-order valence-electron chi connectivity index (χ3n) is 2.71. The Bertz CT molecular complexity index is 497. The van der Waals surface area contributed by atoms with Crippen LogP contribution in [0.3, 0.4) is 0 Å². The van der Waals surface area contributed by atoms with Gasteiger partial charge in [0.1, 0.15) is 11.8 Å². The van der Waals surface area contributed by atoms with E-state index in [0.29, 0.717) is 0 Å². The van der Waals surface area contributed by atoms with Crippen molar-refractivity contribution >= 4 is 11.9 Å². The number of hydrogen-bond acceptors (Lipinski definition) is 4. The van der Waals surface area contributed by atoms with Crippen LogP contribution in [0.2, 0.25) is 0 Å². The van der Waals surface area contributed by atoms with Crippen molar-refractivity contribution < 1.29 is 19.1 Å². The predicted molar refractivity (Wildman–Crippen MR) is 63.4 cm³/mol. The summed E-state index contributed by atoms with van der Waals surface area (Å²) in [7, 11) is 0. The molecule has 1 rings (SSSR count). The third kappa shape index (κ3) is 2.58. The van der Waals surface area contributed by atoms with Crippen molar-refractivity contribution in [3.8, 4) is 0 Å². The lowest BCUT2D eigenvalue weighted by atomic mass is 10.0. The minimum absolute atomic E-state index is 0.144. The van der Waals surface area contributed by atoms with E-state index in [1.807, 2.05) is 0 Å². The van der Waals surface area contributed by atoms with Crippen LogP contribution >= 0.6 is 0 Å². The van der Waals surface area contributed by atoms with Crippen molar-refractivity contribution in [1.29, 1.82) is 0 Å². The summed E-state index contributed by atoms with van der Waals surface area (Å²) >= 11 is 0. The summed E-state index contributed by atoms with van der Waals surface area (Å²) < 4.78 is 4.60. The second-order valence-corrected chi connectivity index (χ2v) is 4.26. The van der Waals surface area contributed by atoms with E-state index in [0.717, 1.165) is 12.3 Å². The molecular formula is C12H15NO5. The Balaban J connectivity index is 3.10. The molecule has 6 nitrogen and oxygen atoms in total. The third-order valence-corrected chi connectivity index (χ3v) is 2.71. The fraction of sp³-hybridized carbons (Fsp3) is 0.417. The highest BCUT2D eigenvalue weighted by Crippen LogP contribution is 2.17. The van der Waals surface area contributed by atoms with E-state index >= 15 is 0 Å². The molecule has 0 aliphatic heterocycles. The van der Waals surface area contributed by atoms with Gasteiger partial charge in [0.25, 0.3) is 5.91 Å². The van der Waals surface area contributed by atoms with Gasteiger partial charge in [-0.25, -0.2) is 9.59 Å². The molecule has 1 aromatic heterocycles. The number of hydrogen-bond donors (Lipinski definition) is 1. The van der Waals surface area contributed by atoms with Gasteiger partial charge in [0.2, 0.25) is 0 Å². The number of aliphatic carboxylic acids is 1. The first-order chi connectivity index (χ1) is 8.30. The van der Waals surface area contributed by atoms with Gasteiger partial charge in [-0.15, -0.1) is 0 Å². The summed E-state index contributed by atoms with van der Waals surface area (Å²) in [5.74, 6) is -1.59. The van der Waals surface area contributed by atoms with E-state index < -0.39 is 23.0 Å². The van der Waals surface area contributed by atoms with E-state index in [1.165, 1.54) is 24.8 Å². The second kappa shape index (κ2) is 5.03. The van der Waals surface area contributed by atoms with Gasteiger partial charge in [0, 0.05) is 12.6 Å². The van der Waals surface area contributed by atoms with Gasteiger partial charge in [0.15, 0.2) is 0 Å². The zero-order valence-electron chi connectivity index (χ0n) is 10.5. The molecule has 18 heavy (non-hydrogen) atoms. The molecule has 0 fully saturated rings. The largest absolute Gasteiger partial charge is 0.480 e. The number of nitrogens with zero attached hydrogens (tertiary/aromatic N) is 1. The van der Waals surface area contributed by atoms with Crippen molar-refractivity contribution in [1.82, 2.24) is 4.90 Å². The van der Waals surface area contributed by atoms with Crippen LogP contribution in [0, 0.1) is 0 Å². The maximum atomic E-state index is 12.1. The highest BCUT2D eigenvalue weighted by atomic mass is 16.4. The fourth-order valence-corrected chi connectivity index (χ4v) is 1.54. The Morgan fingerprint density at radius 3 is 2.39 bits per heavy atom. The zero-order valence-corrected chi connectivity index (χ0v) is 10.5. The SMILES string of the molecule is CCN(C(=O)c1ccc(=O)oc1)C(C)(C)C(=O)O. The molecule has 0 atom stereocenters. The minimum Gasteiger partial charge on any atom is -0.480 e. The molecule has 1 heterocycles. The summed E-state index contributed by atoms with van der Waals surface area (Å²) in [6.45, 7) is 4.80. The van der Waals surface area contributed by atoms with Crippen LogP contribution in [0.25, 0.3) is 0 Å². The summed E-state index contributed by atoms with van der Waals surface area (Å²) in [5.41, 5.74) is -1.75. The highest BCUT2D eigenvalue weighted by Gasteiger charge is 2.37. The standard InChI is InChI=1S/C12H15NO5/c1-4-13(12(2,3)11(16)17)10(15)8-5-6-9(14)18-7-8/h5-7H,4H2,1-3H3,(H,16,17). The average molecular weight is 253 g/mol. The van der Waals surface area contributed by atoms with E-state index in [1.54, 1.807) is 6.92 Å². The monoisotopic (exact) mass is 253 g/mol. The summed E-state index contributed by atoms with van der Waals surface area (Å²) in [4.78, 5) is 35.3. The van der Waals surface area contributed by atoms with E-state index in [-0.39, 0.29) is 12.1 Å². The Morgan fingerprint density at radius 1 is 1.39 bits per heavy atom. The number of likely N-dealkylation sites (N-methyl/N-ethyl adjacent to an activating group) is 1. The second-order valence-electron chi connectivity index (χ2n) is 4.26. The topological polar surface area (TPSA) is 87.8 Å². The van der Waals surface area contributed by atoms with E-state index in [2.05, 4.69) is 4.42 Å². The summed E-state index contributed by atoms with van der Waals surface area (Å²) in [6, 6.07) is 2.43. The first-order valence-electron chi connectivity index (χ1n) is 5.45. The van der Waals surface area contributed by atoms with Crippen LogP contribution in [0.4, 0.5) is 0 Å². The molecule has 0 aromatic carbocycles. The number of carbonyl (C=O) groups excluding carboxylic acids is 1. The van der Waals surface area contributed by atoms with Gasteiger partial charge >= 0.3 is 11.6 Å². The van der Waals surface area contributed by atoms with Crippen LogP contribution in [-0.2, 0) is 4.79 Å². The van der Waals surface area contributed by atoms with Gasteiger partial charge < -0.3 is 14.4 Å². The first kappa shape index (κ1) is 14.0. The molecule has 0 spiro atoms. The first-order valence-corrected chi connectivity index (χ1v) is 5.45. The zero-order chi connectivity index (χ0) is 13.9. The van der Waals surface area contributed by atoms with Crippen molar-refractivity contribution in [2.45, 2.75) is 26.3 Å². The van der Waals surface area contributed by atoms with Crippen LogP contribution in [0.5, 0.6) is 0 Å². The summed E-state index contributed by atoms with van der Waals surface area (Å²) in [5, 5.41) is 9.12. The molecule has 0 saturated heterocycles. The lowest BCUT2D eigenvalue weighted by molar-refractivity contribution is -0.147. The molecule has 1 aromatic rings. The number of carboxylic acids is 1. The molecule has 6 heteroatoms. The van der Waals surface area contributed by atoms with Gasteiger partial charge in [-0.1, -0.05) is 0 Å². The fourth-order valence-electron chi connectivity index (χ4n) is 1.54. The smallest absolute Gasteiger partial charge is 0.335 e. The molecule has 0 aliphatic carbocycles. The van der Waals surface area contributed by atoms with Gasteiger partial charge in [-0.05, 0) is 26.8 Å². The van der Waals surface area contributed by atoms with Gasteiger partial charge in [-0.2, -0.15) is 0 Å². The number of carbonyl (C=O) groups is 2. The summed E-state index contributed by atoms with van der Waals surface area (Å²) in [6.07, 6.45) is 1.03. The normalized spacial score (nSPS) is 11.1. The van der Waals surface area contributed by atoms with E-state index in [4.69, 9.17) is 5.11 Å². The van der Waals surface area contributed by atoms with Crippen molar-refractivity contribution in [2.75, 3.05) is 6.54 Å². The molecule has 0 unspecified atom stereocenters. The maximum Gasteiger partial charge on any atom is 0.335 e. The molecule has 1 N–H and O–H groups in total. The van der Waals surface area contributed by atoms with Crippen LogP contribution in [0.15, 0.2) is 27.6 Å². The average Bonchev–Trinajstić information content (AvgIpc) is 2.30. The van der Waals surface area contributed by atoms with Crippen molar-refractivity contribution in [2.24, 2.45) is 0 Å². The molecule has 0 bridgehead atoms. The van der Waals surface area contributed by atoms with Crippen molar-refractivity contribution in [3.63, 3.8) is 0 Å². The van der Waals surface area contributed by atoms with E-state index in [9.17, 15) is 14.4 Å². The molecule has 0 saturated carbocycles. The molecule has 0 radical (unpaired) electrons. The van der Waals surface area contributed by atoms with Crippen LogP contribution in [-0.4, -0.2) is 34.0 Å². The quantitative estimate of drug-likeness (QED) is 0.863. The molecule has 98 valence electrons. The number of rotatable bonds is 4. The highest BCUT2D eigenvalue weighted by molar-refractivity contribution is 5.97. The van der Waals surface area contributed by atoms with Crippen LogP contribution < -0.4 is 5.63 Å². The lowest BCUT2D eigenvalue weighted by Crippen LogP contribution is -2.52. The Labute approximate surface area is 104 Å². The van der Waals surface area contributed by atoms with Gasteiger partial charge in [-0.3, -0.25) is 4.79 Å². The Hall–Kier alpha value is -2.11. The predicted octanol–water partition coefficient (Wildman–Crippen LogP) is 0.965. The molecular weight excluding hydrogens is 238 g/mol. The number of amides is 1. The lowest BCUT2D eigenvalue weighted by Gasteiger charge is -2.34. The Morgan fingerprint density at radius 2 is 2.00 bits per heavy atom. The van der Waals surface area contributed by atoms with Gasteiger partial charge in [0.05, 0.1) is 5.56 Å². The number of carboxylic acid groups (broad SMARTS) is 1. The Kier molecular flexibility index (Phi) is 3.90. The molecule has 0 aliphatic rings. The van der Waals surface area contributed by atoms with Crippen LogP contribution in [0.1, 0.15) is 31.1 Å². The minimum atomic E-state index is -1.33.